The molecule has 4 rings (SSSR count). The molecule has 0 aliphatic carbocycles. The standard InChI is InChI=1S/C24H30N4O/c29-18-12-22-19-26(16-17-27(22)15-11-21-7-2-1-3-8-21)20-23-9-6-14-28(23)24-10-4-5-13-25-24/h1-10,13-14,22,29H,11-12,15-20H2. The van der Waals surface area contributed by atoms with Crippen LogP contribution in [0.25, 0.3) is 5.82 Å². The molecule has 29 heavy (non-hydrogen) atoms. The lowest BCUT2D eigenvalue weighted by molar-refractivity contribution is 0.0553. The zero-order chi connectivity index (χ0) is 19.9. The molecule has 1 N–H and O–H groups in total. The zero-order valence-corrected chi connectivity index (χ0v) is 16.9. The Labute approximate surface area is 173 Å². The van der Waals surface area contributed by atoms with Gasteiger partial charge in [0.1, 0.15) is 5.82 Å². The number of aliphatic hydroxyl groups excluding tert-OH is 1. The summed E-state index contributed by atoms with van der Waals surface area (Å²) in [6, 6.07) is 21.3. The molecule has 3 aromatic rings. The maximum atomic E-state index is 9.60. The Morgan fingerprint density at radius 3 is 2.62 bits per heavy atom. The summed E-state index contributed by atoms with van der Waals surface area (Å²) in [7, 11) is 0. The highest BCUT2D eigenvalue weighted by Crippen LogP contribution is 2.18. The molecule has 3 heterocycles. The van der Waals surface area contributed by atoms with E-state index < -0.39 is 0 Å². The van der Waals surface area contributed by atoms with Gasteiger partial charge in [-0.3, -0.25) is 9.80 Å². The highest BCUT2D eigenvalue weighted by Gasteiger charge is 2.26. The van der Waals surface area contributed by atoms with Gasteiger partial charge in [0.15, 0.2) is 0 Å². The third-order valence-electron chi connectivity index (χ3n) is 5.80. The molecule has 1 aromatic carbocycles. The smallest absolute Gasteiger partial charge is 0.136 e. The second kappa shape index (κ2) is 9.83. The minimum absolute atomic E-state index is 0.241. The molecule has 5 heteroatoms. The number of hydrogen-bond acceptors (Lipinski definition) is 4. The van der Waals surface area contributed by atoms with Crippen LogP contribution in [0, 0.1) is 0 Å². The molecule has 0 amide bonds. The fourth-order valence-corrected chi connectivity index (χ4v) is 4.23. The molecule has 0 bridgehead atoms. The summed E-state index contributed by atoms with van der Waals surface area (Å²) in [6.45, 7) is 5.27. The van der Waals surface area contributed by atoms with Crippen LogP contribution in [0.3, 0.4) is 0 Å². The Balaban J connectivity index is 1.38. The van der Waals surface area contributed by atoms with E-state index >= 15 is 0 Å². The highest BCUT2D eigenvalue weighted by atomic mass is 16.3. The van der Waals surface area contributed by atoms with Crippen molar-refractivity contribution in [1.82, 2.24) is 19.4 Å². The number of pyridine rings is 1. The molecule has 1 aliphatic heterocycles. The topological polar surface area (TPSA) is 44.5 Å². The first kappa shape index (κ1) is 19.8. The van der Waals surface area contributed by atoms with E-state index in [4.69, 9.17) is 0 Å². The fourth-order valence-electron chi connectivity index (χ4n) is 4.23. The monoisotopic (exact) mass is 390 g/mol. The minimum atomic E-state index is 0.241. The first-order valence-electron chi connectivity index (χ1n) is 10.5. The van der Waals surface area contributed by atoms with Crippen molar-refractivity contribution in [2.75, 3.05) is 32.8 Å². The maximum absolute atomic E-state index is 9.60. The average Bonchev–Trinajstić information content (AvgIpc) is 3.23. The van der Waals surface area contributed by atoms with Crippen molar-refractivity contribution in [3.05, 3.63) is 84.3 Å². The van der Waals surface area contributed by atoms with Crippen molar-refractivity contribution in [2.24, 2.45) is 0 Å². The van der Waals surface area contributed by atoms with E-state index in [1.807, 2.05) is 24.4 Å². The number of rotatable bonds is 8. The van der Waals surface area contributed by atoms with Crippen molar-refractivity contribution in [3.8, 4) is 5.82 Å². The van der Waals surface area contributed by atoms with Crippen molar-refractivity contribution >= 4 is 0 Å². The van der Waals surface area contributed by atoms with Crippen LogP contribution in [0.2, 0.25) is 0 Å². The van der Waals surface area contributed by atoms with Gasteiger partial charge in [-0.25, -0.2) is 4.98 Å². The summed E-state index contributed by atoms with van der Waals surface area (Å²) in [6.07, 6.45) is 5.80. The molecular formula is C24H30N4O. The van der Waals surface area contributed by atoms with Crippen molar-refractivity contribution < 1.29 is 5.11 Å². The second-order valence-electron chi connectivity index (χ2n) is 7.73. The molecule has 1 fully saturated rings. The number of hydrogen-bond donors (Lipinski definition) is 1. The van der Waals surface area contributed by atoms with Gasteiger partial charge in [-0.15, -0.1) is 0 Å². The van der Waals surface area contributed by atoms with E-state index in [9.17, 15) is 5.11 Å². The Morgan fingerprint density at radius 1 is 0.966 bits per heavy atom. The molecule has 1 saturated heterocycles. The molecule has 0 saturated carbocycles. The summed E-state index contributed by atoms with van der Waals surface area (Å²) in [5.41, 5.74) is 2.63. The molecular weight excluding hydrogens is 360 g/mol. The number of piperazine rings is 1. The Morgan fingerprint density at radius 2 is 1.83 bits per heavy atom. The molecule has 1 unspecified atom stereocenters. The average molecular weight is 391 g/mol. The van der Waals surface area contributed by atoms with Crippen LogP contribution < -0.4 is 0 Å². The van der Waals surface area contributed by atoms with E-state index in [0.717, 1.165) is 51.4 Å². The Bertz CT molecular complexity index is 865. The summed E-state index contributed by atoms with van der Waals surface area (Å²) in [5, 5.41) is 9.60. The fraction of sp³-hybridized carbons (Fsp3) is 0.375. The van der Waals surface area contributed by atoms with Gasteiger partial charge in [0.2, 0.25) is 0 Å². The van der Waals surface area contributed by atoms with E-state index in [1.165, 1.54) is 11.3 Å². The van der Waals surface area contributed by atoms with Gasteiger partial charge < -0.3 is 9.67 Å². The molecule has 1 aliphatic rings. The van der Waals surface area contributed by atoms with Crippen LogP contribution in [0.15, 0.2) is 73.1 Å². The predicted molar refractivity (Wildman–Crippen MR) is 116 cm³/mol. The van der Waals surface area contributed by atoms with Gasteiger partial charge in [-0.05, 0) is 42.7 Å². The maximum Gasteiger partial charge on any atom is 0.136 e. The second-order valence-corrected chi connectivity index (χ2v) is 7.73. The van der Waals surface area contributed by atoms with Crippen LogP contribution in [-0.2, 0) is 13.0 Å². The van der Waals surface area contributed by atoms with Gasteiger partial charge in [0.25, 0.3) is 0 Å². The minimum Gasteiger partial charge on any atom is -0.396 e. The van der Waals surface area contributed by atoms with Gasteiger partial charge in [-0.1, -0.05) is 36.4 Å². The predicted octanol–water partition coefficient (Wildman–Crippen LogP) is 2.98. The summed E-state index contributed by atoms with van der Waals surface area (Å²) < 4.78 is 2.17. The number of benzene rings is 1. The van der Waals surface area contributed by atoms with E-state index in [-0.39, 0.29) is 6.61 Å². The third-order valence-corrected chi connectivity index (χ3v) is 5.80. The van der Waals surface area contributed by atoms with Gasteiger partial charge in [-0.2, -0.15) is 0 Å². The first-order valence-corrected chi connectivity index (χ1v) is 10.5. The lowest BCUT2D eigenvalue weighted by Gasteiger charge is -2.41. The molecule has 1 atom stereocenters. The summed E-state index contributed by atoms with van der Waals surface area (Å²) >= 11 is 0. The lowest BCUT2D eigenvalue weighted by atomic mass is 10.1. The molecule has 5 nitrogen and oxygen atoms in total. The van der Waals surface area contributed by atoms with Gasteiger partial charge >= 0.3 is 0 Å². The largest absolute Gasteiger partial charge is 0.396 e. The quantitative estimate of drug-likeness (QED) is 0.642. The molecule has 0 spiro atoms. The zero-order valence-electron chi connectivity index (χ0n) is 16.9. The number of aromatic nitrogens is 2. The van der Waals surface area contributed by atoms with E-state index in [0.29, 0.717) is 6.04 Å². The Hall–Kier alpha value is -2.47. The van der Waals surface area contributed by atoms with Crippen LogP contribution in [0.1, 0.15) is 17.7 Å². The van der Waals surface area contributed by atoms with E-state index in [2.05, 4.69) is 68.0 Å². The van der Waals surface area contributed by atoms with E-state index in [1.54, 1.807) is 0 Å². The normalized spacial score (nSPS) is 18.2. The lowest BCUT2D eigenvalue weighted by Crippen LogP contribution is -2.53. The van der Waals surface area contributed by atoms with Crippen LogP contribution >= 0.6 is 0 Å². The first-order chi connectivity index (χ1) is 14.3. The molecule has 2 aromatic heterocycles. The van der Waals surface area contributed by atoms with Gasteiger partial charge in [0.05, 0.1) is 0 Å². The van der Waals surface area contributed by atoms with Gasteiger partial charge in [0, 0.05) is 63.5 Å². The SMILES string of the molecule is OCCC1CN(Cc2cccn2-c2ccccn2)CCN1CCc1ccccc1. The highest BCUT2D eigenvalue weighted by molar-refractivity contribution is 5.27. The number of aliphatic hydroxyl groups is 1. The van der Waals surface area contributed by atoms with Crippen molar-refractivity contribution in [3.63, 3.8) is 0 Å². The van der Waals surface area contributed by atoms with Crippen molar-refractivity contribution in [1.29, 1.82) is 0 Å². The summed E-state index contributed by atoms with van der Waals surface area (Å²) in [4.78, 5) is 9.55. The molecule has 0 radical (unpaired) electrons. The summed E-state index contributed by atoms with van der Waals surface area (Å²) in [5.74, 6) is 0.959. The number of nitrogens with zero attached hydrogens (tertiary/aromatic N) is 4. The van der Waals surface area contributed by atoms with Crippen molar-refractivity contribution in [2.45, 2.75) is 25.4 Å². The van der Waals surface area contributed by atoms with Crippen LogP contribution in [0.5, 0.6) is 0 Å². The Kier molecular flexibility index (Phi) is 6.72. The molecule has 152 valence electrons. The van der Waals surface area contributed by atoms with Crippen LogP contribution in [0.4, 0.5) is 0 Å². The van der Waals surface area contributed by atoms with Crippen LogP contribution in [-0.4, -0.2) is 63.3 Å². The third kappa shape index (κ3) is 5.12.